The van der Waals surface area contributed by atoms with Crippen LogP contribution in [0.3, 0.4) is 0 Å². The molecule has 0 heterocycles. The van der Waals surface area contributed by atoms with Crippen LogP contribution >= 0.6 is 0 Å². The molecule has 174 valence electrons. The number of carbonyl (C=O) groups excluding carboxylic acids is 2. The molecule has 32 heavy (non-hydrogen) atoms. The molecular weight excluding hydrogens is 428 g/mol. The van der Waals surface area contributed by atoms with E-state index in [1.165, 1.54) is 0 Å². The smallest absolute Gasteiger partial charge is 0.408 e. The van der Waals surface area contributed by atoms with E-state index in [1.807, 2.05) is 60.7 Å². The van der Waals surface area contributed by atoms with Gasteiger partial charge in [-0.25, -0.2) is 13.2 Å². The van der Waals surface area contributed by atoms with Crippen molar-refractivity contribution in [1.82, 2.24) is 10.6 Å². The fourth-order valence-corrected chi connectivity index (χ4v) is 3.94. The Morgan fingerprint density at radius 3 is 2.12 bits per heavy atom. The Labute approximate surface area is 190 Å². The Bertz CT molecular complexity index is 962. The van der Waals surface area contributed by atoms with E-state index in [0.29, 0.717) is 6.54 Å². The number of carbonyl (C=O) groups is 2. The van der Waals surface area contributed by atoms with Gasteiger partial charge in [0.15, 0.2) is 0 Å². The van der Waals surface area contributed by atoms with Crippen LogP contribution in [0.15, 0.2) is 60.7 Å². The number of rotatable bonds is 11. The van der Waals surface area contributed by atoms with Gasteiger partial charge in [-0.1, -0.05) is 74.5 Å². The molecule has 8 heteroatoms. The molecule has 0 radical (unpaired) electrons. The minimum Gasteiger partial charge on any atom is -0.445 e. The highest BCUT2D eigenvalue weighted by Gasteiger charge is 2.25. The number of hydrogen-bond acceptors (Lipinski definition) is 5. The Morgan fingerprint density at radius 2 is 1.56 bits per heavy atom. The predicted molar refractivity (Wildman–Crippen MR) is 125 cm³/mol. The molecule has 2 aromatic carbocycles. The summed E-state index contributed by atoms with van der Waals surface area (Å²) in [6.45, 7) is 4.57. The van der Waals surface area contributed by atoms with Gasteiger partial charge in [0.1, 0.15) is 22.5 Å². The van der Waals surface area contributed by atoms with Crippen molar-refractivity contribution in [3.05, 3.63) is 71.8 Å². The quantitative estimate of drug-likeness (QED) is 0.536. The molecule has 2 aromatic rings. The molecule has 2 rings (SSSR count). The molecule has 0 aromatic heterocycles. The first kappa shape index (κ1) is 25.4. The molecule has 0 fully saturated rings. The second-order valence-electron chi connectivity index (χ2n) is 8.18. The van der Waals surface area contributed by atoms with Crippen molar-refractivity contribution in [2.24, 2.45) is 5.92 Å². The second kappa shape index (κ2) is 12.2. The van der Waals surface area contributed by atoms with Crippen LogP contribution in [-0.4, -0.2) is 45.0 Å². The standard InChI is InChI=1S/C24H32N2O5S/c1-18(2)21(20-12-8-5-9-13-20)16-25-23(27)22(14-15-32(3,29)30)26-24(28)31-17-19-10-6-4-7-11-19/h4-13,18,21-22H,14-17H2,1-3H3,(H,25,27)(H,26,28). The summed E-state index contributed by atoms with van der Waals surface area (Å²) in [5, 5.41) is 5.39. The Hall–Kier alpha value is -2.87. The third-order valence-corrected chi connectivity index (χ3v) is 6.10. The Kier molecular flexibility index (Phi) is 9.71. The lowest BCUT2D eigenvalue weighted by Crippen LogP contribution is -2.48. The number of alkyl carbamates (subject to hydrolysis) is 1. The van der Waals surface area contributed by atoms with E-state index in [2.05, 4.69) is 24.5 Å². The number of benzene rings is 2. The Morgan fingerprint density at radius 1 is 0.969 bits per heavy atom. The highest BCUT2D eigenvalue weighted by atomic mass is 32.2. The predicted octanol–water partition coefficient (Wildman–Crippen LogP) is 3.27. The van der Waals surface area contributed by atoms with Crippen LogP contribution in [0.5, 0.6) is 0 Å². The first-order valence-electron chi connectivity index (χ1n) is 10.6. The van der Waals surface area contributed by atoms with Crippen LogP contribution < -0.4 is 10.6 Å². The maximum absolute atomic E-state index is 12.9. The molecule has 2 unspecified atom stereocenters. The van der Waals surface area contributed by atoms with Crippen molar-refractivity contribution in [1.29, 1.82) is 0 Å². The summed E-state index contributed by atoms with van der Waals surface area (Å²) in [5.41, 5.74) is 1.91. The zero-order valence-corrected chi connectivity index (χ0v) is 19.6. The van der Waals surface area contributed by atoms with Gasteiger partial charge in [0.2, 0.25) is 5.91 Å². The maximum Gasteiger partial charge on any atom is 0.408 e. The molecule has 0 bridgehead atoms. The number of amides is 2. The van der Waals surface area contributed by atoms with E-state index >= 15 is 0 Å². The summed E-state index contributed by atoms with van der Waals surface area (Å²) in [6.07, 6.45) is 0.286. The van der Waals surface area contributed by atoms with Gasteiger partial charge in [-0.05, 0) is 23.5 Å². The minimum atomic E-state index is -3.30. The van der Waals surface area contributed by atoms with Gasteiger partial charge < -0.3 is 15.4 Å². The van der Waals surface area contributed by atoms with Crippen molar-refractivity contribution < 1.29 is 22.7 Å². The third kappa shape index (κ3) is 9.09. The average molecular weight is 461 g/mol. The van der Waals surface area contributed by atoms with Gasteiger partial charge in [-0.2, -0.15) is 0 Å². The van der Waals surface area contributed by atoms with Crippen LogP contribution in [0.4, 0.5) is 4.79 Å². The molecule has 0 saturated heterocycles. The second-order valence-corrected chi connectivity index (χ2v) is 10.4. The SMILES string of the molecule is CC(C)C(CNC(=O)C(CCS(C)(=O)=O)NC(=O)OCc1ccccc1)c1ccccc1. The summed E-state index contributed by atoms with van der Waals surface area (Å²) in [5.74, 6) is -0.306. The van der Waals surface area contributed by atoms with Crippen LogP contribution in [-0.2, 0) is 26.0 Å². The molecular formula is C24H32N2O5S. The maximum atomic E-state index is 12.9. The summed E-state index contributed by atoms with van der Waals surface area (Å²) in [6, 6.07) is 18.0. The van der Waals surface area contributed by atoms with Gasteiger partial charge in [0.25, 0.3) is 0 Å². The van der Waals surface area contributed by atoms with Gasteiger partial charge in [0.05, 0.1) is 5.75 Å². The fourth-order valence-electron chi connectivity index (χ4n) is 3.28. The van der Waals surface area contributed by atoms with Crippen molar-refractivity contribution in [2.75, 3.05) is 18.6 Å². The van der Waals surface area contributed by atoms with E-state index < -0.39 is 27.9 Å². The van der Waals surface area contributed by atoms with Gasteiger partial charge in [-0.3, -0.25) is 4.79 Å². The summed E-state index contributed by atoms with van der Waals surface area (Å²) in [4.78, 5) is 25.1. The van der Waals surface area contributed by atoms with Crippen molar-refractivity contribution in [3.8, 4) is 0 Å². The lowest BCUT2D eigenvalue weighted by molar-refractivity contribution is -0.123. The molecule has 0 aliphatic rings. The fraction of sp³-hybridized carbons (Fsp3) is 0.417. The van der Waals surface area contributed by atoms with Gasteiger partial charge >= 0.3 is 6.09 Å². The summed E-state index contributed by atoms with van der Waals surface area (Å²) < 4.78 is 28.4. The normalized spacial score (nSPS) is 13.2. The highest BCUT2D eigenvalue weighted by molar-refractivity contribution is 7.90. The van der Waals surface area contributed by atoms with E-state index in [-0.39, 0.29) is 30.6 Å². The van der Waals surface area contributed by atoms with E-state index in [0.717, 1.165) is 17.4 Å². The van der Waals surface area contributed by atoms with Gasteiger partial charge in [-0.15, -0.1) is 0 Å². The minimum absolute atomic E-state index is 0.0389. The molecule has 2 amide bonds. The van der Waals surface area contributed by atoms with Crippen LogP contribution in [0.2, 0.25) is 0 Å². The monoisotopic (exact) mass is 460 g/mol. The topological polar surface area (TPSA) is 102 Å². The van der Waals surface area contributed by atoms with Crippen LogP contribution in [0, 0.1) is 5.92 Å². The zero-order valence-electron chi connectivity index (χ0n) is 18.8. The first-order chi connectivity index (χ1) is 15.2. The van der Waals surface area contributed by atoms with Crippen molar-refractivity contribution >= 4 is 21.8 Å². The van der Waals surface area contributed by atoms with E-state index in [4.69, 9.17) is 4.74 Å². The number of nitrogens with one attached hydrogen (secondary N) is 2. The zero-order chi connectivity index (χ0) is 23.6. The summed E-state index contributed by atoms with van der Waals surface area (Å²) in [7, 11) is -3.30. The molecule has 2 atom stereocenters. The van der Waals surface area contributed by atoms with Crippen LogP contribution in [0.25, 0.3) is 0 Å². The number of ether oxygens (including phenoxy) is 1. The number of sulfone groups is 1. The average Bonchev–Trinajstić information content (AvgIpc) is 2.75. The van der Waals surface area contributed by atoms with Crippen LogP contribution in [0.1, 0.15) is 37.3 Å². The van der Waals surface area contributed by atoms with E-state index in [9.17, 15) is 18.0 Å². The Balaban J connectivity index is 2.00. The molecule has 7 nitrogen and oxygen atoms in total. The van der Waals surface area contributed by atoms with E-state index in [1.54, 1.807) is 0 Å². The number of hydrogen-bond donors (Lipinski definition) is 2. The van der Waals surface area contributed by atoms with Gasteiger partial charge in [0, 0.05) is 18.7 Å². The highest BCUT2D eigenvalue weighted by Crippen LogP contribution is 2.23. The molecule has 0 aliphatic heterocycles. The largest absolute Gasteiger partial charge is 0.445 e. The molecule has 0 spiro atoms. The lowest BCUT2D eigenvalue weighted by atomic mass is 9.88. The molecule has 0 aliphatic carbocycles. The lowest BCUT2D eigenvalue weighted by Gasteiger charge is -2.24. The van der Waals surface area contributed by atoms with Crippen molar-refractivity contribution in [2.45, 2.75) is 38.8 Å². The first-order valence-corrected chi connectivity index (χ1v) is 12.7. The molecule has 2 N–H and O–H groups in total. The summed E-state index contributed by atoms with van der Waals surface area (Å²) >= 11 is 0. The third-order valence-electron chi connectivity index (χ3n) is 5.13. The molecule has 0 saturated carbocycles. The van der Waals surface area contributed by atoms with Crippen molar-refractivity contribution in [3.63, 3.8) is 0 Å².